The molecular weight excluding hydrogens is 360 g/mol. The van der Waals surface area contributed by atoms with E-state index in [0.717, 1.165) is 28.1 Å². The number of rotatable bonds is 5. The Balaban J connectivity index is 1.72. The third kappa shape index (κ3) is 4.44. The average molecular weight is 381 g/mol. The van der Waals surface area contributed by atoms with Crippen LogP contribution in [-0.2, 0) is 6.54 Å². The van der Waals surface area contributed by atoms with E-state index in [-0.39, 0.29) is 5.91 Å². The minimum absolute atomic E-state index is 0.245. The third-order valence-corrected chi connectivity index (χ3v) is 4.76. The molecule has 0 bridgehead atoms. The Labute approximate surface area is 163 Å². The molecule has 0 spiro atoms. The first-order valence-corrected chi connectivity index (χ1v) is 9.01. The molecule has 138 valence electrons. The zero-order valence-corrected chi connectivity index (χ0v) is 16.3. The predicted octanol–water partition coefficient (Wildman–Crippen LogP) is 4.27. The van der Waals surface area contributed by atoms with Gasteiger partial charge in [0, 0.05) is 21.8 Å². The number of hydrogen-bond donors (Lipinski definition) is 1. The monoisotopic (exact) mass is 380 g/mol. The zero-order chi connectivity index (χ0) is 19.4. The Morgan fingerprint density at radius 1 is 1.15 bits per heavy atom. The number of carbonyl (C=O) groups is 1. The van der Waals surface area contributed by atoms with Gasteiger partial charge in [0.05, 0.1) is 18.5 Å². The first kappa shape index (κ1) is 18.9. The Morgan fingerprint density at radius 2 is 1.85 bits per heavy atom. The number of nitrogens with zero attached hydrogens (tertiary/aromatic N) is 3. The average Bonchev–Trinajstić information content (AvgIpc) is 2.91. The summed E-state index contributed by atoms with van der Waals surface area (Å²) in [7, 11) is 0. The molecule has 0 unspecified atom stereocenters. The normalized spacial score (nSPS) is 11.1. The standard InChI is InChI=1S/C21H21ClN4O/c1-14-8-10-17(11-9-14)21(27)24-23-12-19-15(2)25-26(16(19)3)13-18-6-4-5-7-20(18)22/h4-12H,13H2,1-3H3,(H,24,27)/b23-12-. The molecular formula is C21H21ClN4O. The molecule has 0 saturated heterocycles. The van der Waals surface area contributed by atoms with Crippen LogP contribution in [0.5, 0.6) is 0 Å². The molecule has 0 fully saturated rings. The number of nitrogens with one attached hydrogen (secondary N) is 1. The molecule has 1 aromatic heterocycles. The van der Waals surface area contributed by atoms with Crippen molar-refractivity contribution in [1.82, 2.24) is 15.2 Å². The second-order valence-corrected chi connectivity index (χ2v) is 6.81. The molecule has 3 aromatic rings. The van der Waals surface area contributed by atoms with Crippen LogP contribution in [-0.4, -0.2) is 21.9 Å². The van der Waals surface area contributed by atoms with Gasteiger partial charge in [-0.15, -0.1) is 0 Å². The number of benzene rings is 2. The molecule has 0 aliphatic rings. The van der Waals surface area contributed by atoms with E-state index in [1.54, 1.807) is 18.3 Å². The van der Waals surface area contributed by atoms with Crippen molar-refractivity contribution in [3.05, 3.63) is 87.2 Å². The van der Waals surface area contributed by atoms with Crippen LogP contribution in [0.25, 0.3) is 0 Å². The fourth-order valence-electron chi connectivity index (χ4n) is 2.76. The zero-order valence-electron chi connectivity index (χ0n) is 15.5. The lowest BCUT2D eigenvalue weighted by Gasteiger charge is -2.06. The van der Waals surface area contributed by atoms with E-state index in [9.17, 15) is 4.79 Å². The minimum atomic E-state index is -0.245. The summed E-state index contributed by atoms with van der Waals surface area (Å²) in [6.07, 6.45) is 1.63. The van der Waals surface area contributed by atoms with Gasteiger partial charge in [-0.1, -0.05) is 47.5 Å². The molecule has 2 aromatic carbocycles. The van der Waals surface area contributed by atoms with Crippen molar-refractivity contribution < 1.29 is 4.79 Å². The van der Waals surface area contributed by atoms with Crippen LogP contribution in [0.1, 0.15) is 38.4 Å². The number of aryl methyl sites for hydroxylation is 2. The van der Waals surface area contributed by atoms with Crippen LogP contribution in [0.3, 0.4) is 0 Å². The van der Waals surface area contributed by atoms with Gasteiger partial charge in [0.25, 0.3) is 5.91 Å². The molecule has 6 heteroatoms. The first-order chi connectivity index (χ1) is 13.0. The summed E-state index contributed by atoms with van der Waals surface area (Å²) in [4.78, 5) is 12.1. The molecule has 0 aliphatic carbocycles. The highest BCUT2D eigenvalue weighted by molar-refractivity contribution is 6.31. The number of carbonyl (C=O) groups excluding carboxylic acids is 1. The van der Waals surface area contributed by atoms with Gasteiger partial charge in [0.1, 0.15) is 0 Å². The second kappa shape index (κ2) is 8.18. The van der Waals surface area contributed by atoms with Crippen LogP contribution in [0, 0.1) is 20.8 Å². The summed E-state index contributed by atoms with van der Waals surface area (Å²) >= 11 is 6.24. The van der Waals surface area contributed by atoms with Crippen LogP contribution in [0.15, 0.2) is 53.6 Å². The van der Waals surface area contributed by atoms with Crippen molar-refractivity contribution >= 4 is 23.7 Å². The van der Waals surface area contributed by atoms with Gasteiger partial charge in [0.2, 0.25) is 0 Å². The van der Waals surface area contributed by atoms with E-state index < -0.39 is 0 Å². The lowest BCUT2D eigenvalue weighted by Crippen LogP contribution is -2.17. The lowest BCUT2D eigenvalue weighted by atomic mass is 10.1. The maximum Gasteiger partial charge on any atom is 0.271 e. The van der Waals surface area contributed by atoms with Crippen molar-refractivity contribution in [2.75, 3.05) is 0 Å². The lowest BCUT2D eigenvalue weighted by molar-refractivity contribution is 0.0955. The van der Waals surface area contributed by atoms with Gasteiger partial charge in [0.15, 0.2) is 0 Å². The van der Waals surface area contributed by atoms with Crippen molar-refractivity contribution in [3.8, 4) is 0 Å². The molecule has 1 amide bonds. The third-order valence-electron chi connectivity index (χ3n) is 4.39. The van der Waals surface area contributed by atoms with Crippen LogP contribution in [0.2, 0.25) is 5.02 Å². The van der Waals surface area contributed by atoms with Crippen LogP contribution in [0.4, 0.5) is 0 Å². The molecule has 0 aliphatic heterocycles. The summed E-state index contributed by atoms with van der Waals surface area (Å²) in [6.45, 7) is 6.45. The Morgan fingerprint density at radius 3 is 2.56 bits per heavy atom. The molecule has 27 heavy (non-hydrogen) atoms. The Hall–Kier alpha value is -2.92. The van der Waals surface area contributed by atoms with Crippen molar-refractivity contribution in [3.63, 3.8) is 0 Å². The Bertz CT molecular complexity index is 990. The van der Waals surface area contributed by atoms with Gasteiger partial charge in [-0.2, -0.15) is 10.2 Å². The number of aromatic nitrogens is 2. The molecule has 5 nitrogen and oxygen atoms in total. The molecule has 0 radical (unpaired) electrons. The smallest absolute Gasteiger partial charge is 0.267 e. The van der Waals surface area contributed by atoms with E-state index in [4.69, 9.17) is 11.6 Å². The minimum Gasteiger partial charge on any atom is -0.267 e. The summed E-state index contributed by atoms with van der Waals surface area (Å²) in [6, 6.07) is 15.0. The summed E-state index contributed by atoms with van der Waals surface area (Å²) in [5.74, 6) is -0.245. The van der Waals surface area contributed by atoms with E-state index in [2.05, 4.69) is 15.6 Å². The highest BCUT2D eigenvalue weighted by Crippen LogP contribution is 2.18. The first-order valence-electron chi connectivity index (χ1n) is 8.63. The topological polar surface area (TPSA) is 59.3 Å². The quantitative estimate of drug-likeness (QED) is 0.530. The molecule has 1 N–H and O–H groups in total. The van der Waals surface area contributed by atoms with Gasteiger partial charge in [-0.05, 0) is 44.5 Å². The fourth-order valence-corrected chi connectivity index (χ4v) is 2.96. The van der Waals surface area contributed by atoms with E-state index in [1.807, 2.05) is 61.9 Å². The molecule has 1 heterocycles. The molecule has 0 atom stereocenters. The van der Waals surface area contributed by atoms with Gasteiger partial charge < -0.3 is 0 Å². The van der Waals surface area contributed by atoms with Crippen molar-refractivity contribution in [2.24, 2.45) is 5.10 Å². The number of hydrazone groups is 1. The van der Waals surface area contributed by atoms with Gasteiger partial charge in [-0.25, -0.2) is 5.43 Å². The number of amides is 1. The van der Waals surface area contributed by atoms with E-state index in [0.29, 0.717) is 17.1 Å². The maximum absolute atomic E-state index is 12.1. The fraction of sp³-hybridized carbons (Fsp3) is 0.190. The van der Waals surface area contributed by atoms with Gasteiger partial charge in [-0.3, -0.25) is 9.48 Å². The highest BCUT2D eigenvalue weighted by atomic mass is 35.5. The largest absolute Gasteiger partial charge is 0.271 e. The highest BCUT2D eigenvalue weighted by Gasteiger charge is 2.11. The second-order valence-electron chi connectivity index (χ2n) is 6.40. The van der Waals surface area contributed by atoms with Crippen LogP contribution >= 0.6 is 11.6 Å². The summed E-state index contributed by atoms with van der Waals surface area (Å²) in [5.41, 5.74) is 7.92. The van der Waals surface area contributed by atoms with Gasteiger partial charge >= 0.3 is 0 Å². The molecule has 0 saturated carbocycles. The van der Waals surface area contributed by atoms with E-state index >= 15 is 0 Å². The summed E-state index contributed by atoms with van der Waals surface area (Å²) in [5, 5.41) is 9.38. The molecule has 3 rings (SSSR count). The maximum atomic E-state index is 12.1. The van der Waals surface area contributed by atoms with Crippen molar-refractivity contribution in [2.45, 2.75) is 27.3 Å². The SMILES string of the molecule is Cc1ccc(C(=O)N/N=C\c2c(C)nn(Cc3ccccc3Cl)c2C)cc1. The van der Waals surface area contributed by atoms with Crippen LogP contribution < -0.4 is 5.43 Å². The number of halogens is 1. The Kier molecular flexibility index (Phi) is 5.72. The number of hydrogen-bond acceptors (Lipinski definition) is 3. The summed E-state index contributed by atoms with van der Waals surface area (Å²) < 4.78 is 1.89. The predicted molar refractivity (Wildman–Crippen MR) is 108 cm³/mol. The van der Waals surface area contributed by atoms with E-state index in [1.165, 1.54) is 0 Å². The van der Waals surface area contributed by atoms with Crippen molar-refractivity contribution in [1.29, 1.82) is 0 Å².